The van der Waals surface area contributed by atoms with Crippen LogP contribution in [-0.4, -0.2) is 32.3 Å². The Hall–Kier alpha value is -2.60. The van der Waals surface area contributed by atoms with Crippen LogP contribution >= 0.6 is 0 Å². The van der Waals surface area contributed by atoms with Crippen molar-refractivity contribution in [1.82, 2.24) is 4.98 Å². The molecule has 0 saturated carbocycles. The van der Waals surface area contributed by atoms with Crippen molar-refractivity contribution in [3.63, 3.8) is 0 Å². The van der Waals surface area contributed by atoms with E-state index in [1.165, 1.54) is 10.4 Å². The fourth-order valence-electron chi connectivity index (χ4n) is 5.11. The predicted molar refractivity (Wildman–Crippen MR) is 134 cm³/mol. The summed E-state index contributed by atoms with van der Waals surface area (Å²) in [4.78, 5) is 16.4. The maximum absolute atomic E-state index is 12.2. The Balaban J connectivity index is 1.60. The van der Waals surface area contributed by atoms with Crippen molar-refractivity contribution in [2.24, 2.45) is 0 Å². The third-order valence-corrected chi connectivity index (χ3v) is 11.7. The SMILES string of the molecule is CC(C)(C)[Si](OCCCC1(c2cccnc2)CC(=O)CO1)(c1ccccc1)c1ccccc1. The molecule has 0 N–H and O–H groups in total. The summed E-state index contributed by atoms with van der Waals surface area (Å²) in [5.41, 5.74) is 0.376. The number of pyridine rings is 1. The molecule has 0 spiro atoms. The first-order valence-corrected chi connectivity index (χ1v) is 13.6. The van der Waals surface area contributed by atoms with Crippen LogP contribution in [0.4, 0.5) is 0 Å². The third kappa shape index (κ3) is 4.72. The van der Waals surface area contributed by atoms with E-state index in [1.54, 1.807) is 6.20 Å². The molecule has 172 valence electrons. The van der Waals surface area contributed by atoms with Gasteiger partial charge in [0.05, 0.1) is 0 Å². The van der Waals surface area contributed by atoms with E-state index in [-0.39, 0.29) is 17.4 Å². The van der Waals surface area contributed by atoms with E-state index in [4.69, 9.17) is 9.16 Å². The number of ether oxygens (including phenoxy) is 1. The van der Waals surface area contributed by atoms with E-state index < -0.39 is 13.9 Å². The van der Waals surface area contributed by atoms with Gasteiger partial charge in [-0.15, -0.1) is 0 Å². The van der Waals surface area contributed by atoms with Crippen molar-refractivity contribution in [2.45, 2.75) is 50.7 Å². The van der Waals surface area contributed by atoms with Gasteiger partial charge in [0, 0.05) is 31.0 Å². The number of nitrogens with zero attached hydrogens (tertiary/aromatic N) is 1. The molecule has 1 unspecified atom stereocenters. The molecule has 33 heavy (non-hydrogen) atoms. The second kappa shape index (κ2) is 9.72. The van der Waals surface area contributed by atoms with Crippen molar-refractivity contribution in [2.75, 3.05) is 13.2 Å². The summed E-state index contributed by atoms with van der Waals surface area (Å²) in [5, 5.41) is 2.49. The number of carbonyl (C=O) groups excluding carboxylic acids is 1. The molecule has 5 heteroatoms. The van der Waals surface area contributed by atoms with E-state index in [9.17, 15) is 4.79 Å². The van der Waals surface area contributed by atoms with Crippen molar-refractivity contribution in [3.8, 4) is 0 Å². The summed E-state index contributed by atoms with van der Waals surface area (Å²) in [6, 6.07) is 25.3. The minimum Gasteiger partial charge on any atom is -0.407 e. The Bertz CT molecular complexity index is 1010. The van der Waals surface area contributed by atoms with Gasteiger partial charge in [-0.2, -0.15) is 0 Å². The minimum atomic E-state index is -2.56. The molecule has 2 heterocycles. The van der Waals surface area contributed by atoms with Crippen LogP contribution in [0, 0.1) is 0 Å². The van der Waals surface area contributed by atoms with Gasteiger partial charge in [-0.25, -0.2) is 0 Å². The quantitative estimate of drug-likeness (QED) is 0.364. The average molecular weight is 460 g/mol. The van der Waals surface area contributed by atoms with Crippen LogP contribution in [0.2, 0.25) is 5.04 Å². The Labute approximate surface area is 198 Å². The lowest BCUT2D eigenvalue weighted by Crippen LogP contribution is -2.66. The Morgan fingerprint density at radius 2 is 1.61 bits per heavy atom. The second-order valence-electron chi connectivity index (χ2n) is 9.86. The van der Waals surface area contributed by atoms with Crippen LogP contribution < -0.4 is 10.4 Å². The maximum Gasteiger partial charge on any atom is 0.261 e. The smallest absolute Gasteiger partial charge is 0.261 e. The summed E-state index contributed by atoms with van der Waals surface area (Å²) >= 11 is 0. The number of carbonyl (C=O) groups is 1. The molecule has 0 radical (unpaired) electrons. The Morgan fingerprint density at radius 3 is 2.09 bits per heavy atom. The molecule has 0 aliphatic carbocycles. The van der Waals surface area contributed by atoms with Crippen LogP contribution in [0.3, 0.4) is 0 Å². The lowest BCUT2D eigenvalue weighted by Gasteiger charge is -2.43. The number of rotatable bonds is 8. The highest BCUT2D eigenvalue weighted by atomic mass is 28.4. The summed E-state index contributed by atoms with van der Waals surface area (Å²) in [6.45, 7) is 7.64. The molecule has 1 aromatic heterocycles. The van der Waals surface area contributed by atoms with Crippen LogP contribution in [-0.2, 0) is 19.6 Å². The first kappa shape index (κ1) is 23.6. The number of aromatic nitrogens is 1. The zero-order chi connectivity index (χ0) is 23.4. The summed E-state index contributed by atoms with van der Waals surface area (Å²) in [5.74, 6) is 0.145. The number of Topliss-reactive ketones (excluding diaryl/α,β-unsaturated/α-hetero) is 1. The Kier molecular flexibility index (Phi) is 6.93. The number of ketones is 1. The topological polar surface area (TPSA) is 48.4 Å². The van der Waals surface area contributed by atoms with Gasteiger partial charge in [0.25, 0.3) is 8.32 Å². The van der Waals surface area contributed by atoms with Crippen molar-refractivity contribution in [1.29, 1.82) is 0 Å². The molecule has 4 nitrogen and oxygen atoms in total. The third-order valence-electron chi connectivity index (χ3n) is 6.64. The second-order valence-corrected chi connectivity index (χ2v) is 14.2. The van der Waals surface area contributed by atoms with Gasteiger partial charge in [-0.3, -0.25) is 9.78 Å². The zero-order valence-corrected chi connectivity index (χ0v) is 20.8. The summed E-state index contributed by atoms with van der Waals surface area (Å²) in [7, 11) is -2.56. The molecule has 0 bridgehead atoms. The van der Waals surface area contributed by atoms with Crippen molar-refractivity contribution < 1.29 is 14.0 Å². The highest BCUT2D eigenvalue weighted by Crippen LogP contribution is 2.40. The van der Waals surface area contributed by atoms with Gasteiger partial charge in [0.15, 0.2) is 5.78 Å². The normalized spacial score (nSPS) is 19.1. The fraction of sp³-hybridized carbons (Fsp3) is 0.357. The predicted octanol–water partition coefficient (Wildman–Crippen LogP) is 4.62. The molecule has 1 atom stereocenters. The fourth-order valence-corrected chi connectivity index (χ4v) is 9.71. The number of benzene rings is 2. The lowest BCUT2D eigenvalue weighted by atomic mass is 9.87. The monoisotopic (exact) mass is 459 g/mol. The Morgan fingerprint density at radius 1 is 0.970 bits per heavy atom. The maximum atomic E-state index is 12.2. The van der Waals surface area contributed by atoms with Gasteiger partial charge in [0.1, 0.15) is 12.2 Å². The van der Waals surface area contributed by atoms with Crippen molar-refractivity contribution in [3.05, 3.63) is 90.8 Å². The molecule has 0 amide bonds. The van der Waals surface area contributed by atoms with Crippen LogP contribution in [0.25, 0.3) is 0 Å². The largest absolute Gasteiger partial charge is 0.407 e. The van der Waals surface area contributed by atoms with E-state index in [0.29, 0.717) is 13.0 Å². The molecule has 1 aliphatic rings. The number of hydrogen-bond donors (Lipinski definition) is 0. The highest BCUT2D eigenvalue weighted by Gasteiger charge is 2.50. The van der Waals surface area contributed by atoms with Gasteiger partial charge in [-0.05, 0) is 34.3 Å². The average Bonchev–Trinajstić information content (AvgIpc) is 3.22. The molecule has 4 rings (SSSR count). The van der Waals surface area contributed by atoms with Gasteiger partial charge in [0.2, 0.25) is 0 Å². The molecular formula is C28H33NO3Si. The van der Waals surface area contributed by atoms with Gasteiger partial charge >= 0.3 is 0 Å². The van der Waals surface area contributed by atoms with Gasteiger partial charge in [-0.1, -0.05) is 87.5 Å². The molecule has 1 fully saturated rings. The van der Waals surface area contributed by atoms with Crippen molar-refractivity contribution >= 4 is 24.5 Å². The van der Waals surface area contributed by atoms with E-state index in [0.717, 1.165) is 18.4 Å². The highest BCUT2D eigenvalue weighted by molar-refractivity contribution is 6.99. The zero-order valence-electron chi connectivity index (χ0n) is 19.8. The van der Waals surface area contributed by atoms with E-state index in [1.807, 2.05) is 18.3 Å². The standard InChI is InChI=1S/C28H33NO3Si/c1-27(2,3)33(25-13-6-4-7-14-25,26-15-8-5-9-16-26)32-19-11-17-28(20-24(30)22-31-28)23-12-10-18-29-21-23/h4-10,12-16,18,21H,11,17,19-20,22H2,1-3H3. The molecule has 2 aromatic carbocycles. The van der Waals surface area contributed by atoms with Crippen LogP contribution in [0.1, 0.15) is 45.6 Å². The number of hydrogen-bond acceptors (Lipinski definition) is 4. The minimum absolute atomic E-state index is 0.0590. The first-order chi connectivity index (χ1) is 15.9. The lowest BCUT2D eigenvalue weighted by molar-refractivity contribution is -0.117. The van der Waals surface area contributed by atoms with E-state index >= 15 is 0 Å². The molecule has 3 aromatic rings. The molecular weight excluding hydrogens is 426 g/mol. The van der Waals surface area contributed by atoms with Crippen LogP contribution in [0.15, 0.2) is 85.2 Å². The van der Waals surface area contributed by atoms with Crippen LogP contribution in [0.5, 0.6) is 0 Å². The molecule has 1 saturated heterocycles. The van der Waals surface area contributed by atoms with E-state index in [2.05, 4.69) is 86.4 Å². The summed E-state index contributed by atoms with van der Waals surface area (Å²) < 4.78 is 13.1. The van der Waals surface area contributed by atoms with Gasteiger partial charge < -0.3 is 9.16 Å². The first-order valence-electron chi connectivity index (χ1n) is 11.7. The summed E-state index contributed by atoms with van der Waals surface area (Å²) in [6.07, 6.45) is 5.49. The molecule has 1 aliphatic heterocycles.